The number of para-hydroxylation sites is 1. The van der Waals surface area contributed by atoms with Crippen molar-refractivity contribution >= 4 is 46.2 Å². The second-order valence-electron chi connectivity index (χ2n) is 6.23. The SMILES string of the molecule is Cc1cccc2oc(-c3cc(N=Cc4cc(Cl)cc(Cl)c4O)ccc3O)nc12. The maximum Gasteiger partial charge on any atom is 0.231 e. The molecule has 1 aromatic heterocycles. The van der Waals surface area contributed by atoms with Crippen LogP contribution in [-0.4, -0.2) is 21.4 Å². The lowest BCUT2D eigenvalue weighted by Gasteiger charge is -2.04. The van der Waals surface area contributed by atoms with Crippen molar-refractivity contribution in [2.24, 2.45) is 4.99 Å². The summed E-state index contributed by atoms with van der Waals surface area (Å²) in [5.74, 6) is 0.215. The van der Waals surface area contributed by atoms with Gasteiger partial charge in [-0.3, -0.25) is 4.99 Å². The Hall–Kier alpha value is -3.02. The van der Waals surface area contributed by atoms with E-state index in [0.717, 1.165) is 11.1 Å². The summed E-state index contributed by atoms with van der Waals surface area (Å²) in [6.45, 7) is 1.94. The molecule has 0 fully saturated rings. The van der Waals surface area contributed by atoms with E-state index in [9.17, 15) is 10.2 Å². The maximum absolute atomic E-state index is 10.3. The van der Waals surface area contributed by atoms with Crippen molar-refractivity contribution < 1.29 is 14.6 Å². The summed E-state index contributed by atoms with van der Waals surface area (Å²) < 4.78 is 5.79. The van der Waals surface area contributed by atoms with Crippen LogP contribution in [0.1, 0.15) is 11.1 Å². The number of aryl methyl sites for hydroxylation is 1. The number of aromatic hydroxyl groups is 2. The molecule has 0 amide bonds. The van der Waals surface area contributed by atoms with Gasteiger partial charge in [-0.2, -0.15) is 0 Å². The molecule has 4 rings (SSSR count). The van der Waals surface area contributed by atoms with E-state index in [4.69, 9.17) is 27.6 Å². The van der Waals surface area contributed by atoms with Gasteiger partial charge in [0, 0.05) is 16.8 Å². The van der Waals surface area contributed by atoms with Gasteiger partial charge in [0.1, 0.15) is 17.0 Å². The third-order valence-corrected chi connectivity index (χ3v) is 4.75. The Morgan fingerprint density at radius 1 is 1.07 bits per heavy atom. The number of fused-ring (bicyclic) bond motifs is 1. The van der Waals surface area contributed by atoms with Crippen LogP contribution >= 0.6 is 23.2 Å². The van der Waals surface area contributed by atoms with E-state index in [1.807, 2.05) is 25.1 Å². The summed E-state index contributed by atoms with van der Waals surface area (Å²) in [7, 11) is 0. The summed E-state index contributed by atoms with van der Waals surface area (Å²) in [5.41, 5.74) is 3.69. The molecule has 140 valence electrons. The minimum Gasteiger partial charge on any atom is -0.507 e. The van der Waals surface area contributed by atoms with Gasteiger partial charge in [0.2, 0.25) is 5.89 Å². The molecule has 5 nitrogen and oxygen atoms in total. The lowest BCUT2D eigenvalue weighted by atomic mass is 10.1. The number of phenols is 2. The summed E-state index contributed by atoms with van der Waals surface area (Å²) in [6.07, 6.45) is 1.44. The second kappa shape index (κ2) is 7.19. The lowest BCUT2D eigenvalue weighted by molar-refractivity contribution is 0.473. The quantitative estimate of drug-likeness (QED) is 0.388. The fourth-order valence-electron chi connectivity index (χ4n) is 2.81. The van der Waals surface area contributed by atoms with Crippen LogP contribution in [0.25, 0.3) is 22.6 Å². The molecule has 0 aliphatic carbocycles. The van der Waals surface area contributed by atoms with E-state index in [2.05, 4.69) is 9.98 Å². The van der Waals surface area contributed by atoms with Crippen molar-refractivity contribution in [1.29, 1.82) is 0 Å². The normalized spacial score (nSPS) is 11.5. The highest BCUT2D eigenvalue weighted by Crippen LogP contribution is 2.35. The van der Waals surface area contributed by atoms with E-state index in [0.29, 0.717) is 33.3 Å². The highest BCUT2D eigenvalue weighted by Gasteiger charge is 2.14. The number of benzene rings is 3. The predicted molar refractivity (Wildman–Crippen MR) is 111 cm³/mol. The van der Waals surface area contributed by atoms with Gasteiger partial charge in [0.05, 0.1) is 16.3 Å². The number of halogens is 2. The molecule has 1 heterocycles. The first-order chi connectivity index (χ1) is 13.4. The van der Waals surface area contributed by atoms with Crippen LogP contribution in [-0.2, 0) is 0 Å². The highest BCUT2D eigenvalue weighted by atomic mass is 35.5. The minimum atomic E-state index is -0.108. The number of aliphatic imine (C=N–C) groups is 1. The number of phenolic OH excluding ortho intramolecular Hbond substituents is 2. The van der Waals surface area contributed by atoms with Gasteiger partial charge in [-0.05, 0) is 48.9 Å². The average Bonchev–Trinajstić information content (AvgIpc) is 3.10. The molecular weight excluding hydrogens is 399 g/mol. The Morgan fingerprint density at radius 3 is 2.68 bits per heavy atom. The van der Waals surface area contributed by atoms with Crippen molar-refractivity contribution in [3.8, 4) is 23.0 Å². The molecule has 2 N–H and O–H groups in total. The van der Waals surface area contributed by atoms with Gasteiger partial charge in [0.25, 0.3) is 0 Å². The maximum atomic E-state index is 10.3. The zero-order valence-corrected chi connectivity index (χ0v) is 16.2. The molecule has 3 aromatic carbocycles. The molecule has 0 bridgehead atoms. The zero-order valence-electron chi connectivity index (χ0n) is 14.6. The third-order valence-electron chi connectivity index (χ3n) is 4.24. The number of aromatic nitrogens is 1. The molecule has 0 spiro atoms. The number of hydrogen-bond acceptors (Lipinski definition) is 5. The monoisotopic (exact) mass is 412 g/mol. The van der Waals surface area contributed by atoms with Crippen molar-refractivity contribution in [2.45, 2.75) is 6.92 Å². The van der Waals surface area contributed by atoms with Crippen molar-refractivity contribution in [3.63, 3.8) is 0 Å². The first-order valence-electron chi connectivity index (χ1n) is 8.34. The van der Waals surface area contributed by atoms with E-state index < -0.39 is 0 Å². The Morgan fingerprint density at radius 2 is 1.89 bits per heavy atom. The molecule has 0 atom stereocenters. The summed E-state index contributed by atoms with van der Waals surface area (Å²) in [6, 6.07) is 13.4. The molecule has 28 heavy (non-hydrogen) atoms. The van der Waals surface area contributed by atoms with Gasteiger partial charge < -0.3 is 14.6 Å². The van der Waals surface area contributed by atoms with Crippen LogP contribution in [0.4, 0.5) is 5.69 Å². The molecule has 0 aliphatic heterocycles. The number of oxazole rings is 1. The molecule has 0 aliphatic rings. The smallest absolute Gasteiger partial charge is 0.231 e. The zero-order chi connectivity index (χ0) is 19.8. The molecule has 0 unspecified atom stereocenters. The van der Waals surface area contributed by atoms with Gasteiger partial charge in [-0.1, -0.05) is 35.3 Å². The molecular formula is C21H14Cl2N2O3. The van der Waals surface area contributed by atoms with Gasteiger partial charge in [-0.15, -0.1) is 0 Å². The first kappa shape index (κ1) is 18.3. The average molecular weight is 413 g/mol. The Kier molecular flexibility index (Phi) is 4.71. The van der Waals surface area contributed by atoms with Crippen LogP contribution in [0, 0.1) is 6.92 Å². The van der Waals surface area contributed by atoms with Gasteiger partial charge in [-0.25, -0.2) is 4.98 Å². The van der Waals surface area contributed by atoms with Crippen LogP contribution in [0.3, 0.4) is 0 Å². The van der Waals surface area contributed by atoms with Crippen molar-refractivity contribution in [2.75, 3.05) is 0 Å². The number of nitrogens with zero attached hydrogens (tertiary/aromatic N) is 2. The number of rotatable bonds is 3. The molecule has 0 saturated carbocycles. The largest absolute Gasteiger partial charge is 0.507 e. The fourth-order valence-corrected chi connectivity index (χ4v) is 3.31. The summed E-state index contributed by atoms with van der Waals surface area (Å²) >= 11 is 11.9. The van der Waals surface area contributed by atoms with E-state index in [-0.39, 0.29) is 16.5 Å². The van der Waals surface area contributed by atoms with E-state index in [1.54, 1.807) is 18.2 Å². The summed E-state index contributed by atoms with van der Waals surface area (Å²) in [5, 5.41) is 20.8. The highest BCUT2D eigenvalue weighted by molar-refractivity contribution is 6.36. The van der Waals surface area contributed by atoms with E-state index in [1.165, 1.54) is 18.3 Å². The molecule has 0 saturated heterocycles. The molecule has 7 heteroatoms. The second-order valence-corrected chi connectivity index (χ2v) is 7.07. The van der Waals surface area contributed by atoms with Crippen LogP contribution in [0.15, 0.2) is 57.9 Å². The summed E-state index contributed by atoms with van der Waals surface area (Å²) in [4.78, 5) is 8.82. The van der Waals surface area contributed by atoms with Gasteiger partial charge in [0.15, 0.2) is 5.58 Å². The van der Waals surface area contributed by atoms with Crippen LogP contribution < -0.4 is 0 Å². The van der Waals surface area contributed by atoms with Crippen molar-refractivity contribution in [1.82, 2.24) is 4.98 Å². The Labute approximate surface area is 170 Å². The molecule has 0 radical (unpaired) electrons. The minimum absolute atomic E-state index is 0.0248. The topological polar surface area (TPSA) is 78.9 Å². The third kappa shape index (κ3) is 3.42. The Bertz CT molecular complexity index is 1230. The van der Waals surface area contributed by atoms with Crippen LogP contribution in [0.2, 0.25) is 10.0 Å². The molecule has 4 aromatic rings. The van der Waals surface area contributed by atoms with Gasteiger partial charge >= 0.3 is 0 Å². The first-order valence-corrected chi connectivity index (χ1v) is 9.09. The predicted octanol–water partition coefficient (Wildman–Crippen LogP) is 6.27. The number of hydrogen-bond donors (Lipinski definition) is 2. The lowest BCUT2D eigenvalue weighted by Crippen LogP contribution is -1.84. The van der Waals surface area contributed by atoms with Crippen LogP contribution in [0.5, 0.6) is 11.5 Å². The Balaban J connectivity index is 1.74. The fraction of sp³-hybridized carbons (Fsp3) is 0.0476. The van der Waals surface area contributed by atoms with Crippen molar-refractivity contribution in [3.05, 3.63) is 69.7 Å². The van der Waals surface area contributed by atoms with E-state index >= 15 is 0 Å². The standard InChI is InChI=1S/C21H14Cl2N2O3/c1-11-3-2-4-18-19(11)25-21(28-18)15-9-14(5-6-17(15)26)24-10-12-7-13(22)8-16(23)20(12)27/h2-10,26-27H,1H3.